The van der Waals surface area contributed by atoms with Gasteiger partial charge in [-0.05, 0) is 43.2 Å². The third kappa shape index (κ3) is 4.92. The number of aryl methyl sites for hydroxylation is 2. The minimum Gasteiger partial charge on any atom is -0.495 e. The summed E-state index contributed by atoms with van der Waals surface area (Å²) in [4.78, 5) is 26.2. The smallest absolute Gasteiger partial charge is 0.244 e. The first-order valence-electron chi connectivity index (χ1n) is 8.33. The van der Waals surface area contributed by atoms with E-state index in [2.05, 4.69) is 5.32 Å². The number of nitrogens with zero attached hydrogens (tertiary/aromatic N) is 1. The van der Waals surface area contributed by atoms with Crippen LogP contribution in [0.1, 0.15) is 18.1 Å². The fraction of sp³-hybridized carbons (Fsp3) is 0.300. The lowest BCUT2D eigenvalue weighted by atomic mass is 10.1. The summed E-state index contributed by atoms with van der Waals surface area (Å²) in [5.41, 5.74) is 2.78. The van der Waals surface area contributed by atoms with Gasteiger partial charge in [-0.25, -0.2) is 0 Å². The van der Waals surface area contributed by atoms with Gasteiger partial charge in [0.15, 0.2) is 0 Å². The first-order valence-corrected chi connectivity index (χ1v) is 8.71. The van der Waals surface area contributed by atoms with Crippen molar-refractivity contribution in [3.63, 3.8) is 0 Å². The molecule has 0 bridgehead atoms. The van der Waals surface area contributed by atoms with Gasteiger partial charge in [0, 0.05) is 18.0 Å². The zero-order chi connectivity index (χ0) is 20.1. The van der Waals surface area contributed by atoms with Crippen LogP contribution in [0.2, 0.25) is 5.02 Å². The van der Waals surface area contributed by atoms with Crippen molar-refractivity contribution in [1.82, 2.24) is 0 Å². The number of rotatable bonds is 6. The molecule has 1 N–H and O–H groups in total. The van der Waals surface area contributed by atoms with E-state index in [1.54, 1.807) is 24.3 Å². The van der Waals surface area contributed by atoms with Crippen molar-refractivity contribution in [2.45, 2.75) is 20.8 Å². The van der Waals surface area contributed by atoms with Crippen LogP contribution in [0.25, 0.3) is 0 Å². The molecule has 2 aromatic carbocycles. The number of benzene rings is 2. The number of carbonyl (C=O) groups excluding carboxylic acids is 2. The molecule has 0 radical (unpaired) electrons. The lowest BCUT2D eigenvalue weighted by Gasteiger charge is -2.23. The Labute approximate surface area is 164 Å². The van der Waals surface area contributed by atoms with E-state index in [9.17, 15) is 9.59 Å². The molecular weight excluding hydrogens is 368 g/mol. The van der Waals surface area contributed by atoms with Crippen LogP contribution >= 0.6 is 11.6 Å². The summed E-state index contributed by atoms with van der Waals surface area (Å²) in [6.07, 6.45) is 0. The van der Waals surface area contributed by atoms with Gasteiger partial charge in [0.1, 0.15) is 18.0 Å². The summed E-state index contributed by atoms with van der Waals surface area (Å²) in [6.45, 7) is 4.97. The molecule has 0 saturated heterocycles. The molecule has 0 saturated carbocycles. The maximum absolute atomic E-state index is 12.6. The fourth-order valence-corrected chi connectivity index (χ4v) is 2.79. The Kier molecular flexibility index (Phi) is 6.69. The predicted molar refractivity (Wildman–Crippen MR) is 107 cm³/mol. The van der Waals surface area contributed by atoms with Gasteiger partial charge in [-0.1, -0.05) is 17.7 Å². The second kappa shape index (κ2) is 8.77. The number of nitrogens with one attached hydrogen (secondary N) is 1. The van der Waals surface area contributed by atoms with Crippen LogP contribution < -0.4 is 19.7 Å². The summed E-state index contributed by atoms with van der Waals surface area (Å²) in [6, 6.07) is 8.82. The van der Waals surface area contributed by atoms with Gasteiger partial charge in [-0.2, -0.15) is 0 Å². The first-order chi connectivity index (χ1) is 12.8. The van der Waals surface area contributed by atoms with E-state index in [-0.39, 0.29) is 18.4 Å². The maximum atomic E-state index is 12.6. The second-order valence-electron chi connectivity index (χ2n) is 6.13. The van der Waals surface area contributed by atoms with E-state index < -0.39 is 0 Å². The van der Waals surface area contributed by atoms with Crippen molar-refractivity contribution in [1.29, 1.82) is 0 Å². The summed E-state index contributed by atoms with van der Waals surface area (Å²) < 4.78 is 10.6. The molecule has 0 spiro atoms. The normalized spacial score (nSPS) is 10.3. The standard InChI is InChI=1S/C20H23ClN2O4/c1-12-6-7-18(26-4)17(8-12)23(14(3)24)11-20(25)22-16-9-13(2)15(21)10-19(16)27-5/h6-10H,11H2,1-5H3,(H,22,25). The van der Waals surface area contributed by atoms with Gasteiger partial charge in [0.2, 0.25) is 11.8 Å². The first kappa shape index (κ1) is 20.6. The number of ether oxygens (including phenoxy) is 2. The number of carbonyl (C=O) groups is 2. The SMILES string of the molecule is COc1cc(Cl)c(C)cc1NC(=O)CN(C(C)=O)c1cc(C)ccc1OC. The fourth-order valence-electron chi connectivity index (χ4n) is 2.64. The van der Waals surface area contributed by atoms with E-state index in [0.717, 1.165) is 11.1 Å². The zero-order valence-electron chi connectivity index (χ0n) is 16.1. The van der Waals surface area contributed by atoms with Crippen LogP contribution in [0.5, 0.6) is 11.5 Å². The average molecular weight is 391 g/mol. The Hall–Kier alpha value is -2.73. The van der Waals surface area contributed by atoms with Gasteiger partial charge in [-0.15, -0.1) is 0 Å². The summed E-state index contributed by atoms with van der Waals surface area (Å²) in [5, 5.41) is 3.32. The van der Waals surface area contributed by atoms with Crippen molar-refractivity contribution in [3.05, 3.63) is 46.5 Å². The van der Waals surface area contributed by atoms with Crippen LogP contribution in [-0.4, -0.2) is 32.6 Å². The molecule has 0 fully saturated rings. The molecule has 7 heteroatoms. The second-order valence-corrected chi connectivity index (χ2v) is 6.54. The monoisotopic (exact) mass is 390 g/mol. The topological polar surface area (TPSA) is 67.9 Å². The number of methoxy groups -OCH3 is 2. The van der Waals surface area contributed by atoms with Crippen molar-refractivity contribution in [2.75, 3.05) is 31.0 Å². The van der Waals surface area contributed by atoms with Gasteiger partial charge in [0.05, 0.1) is 25.6 Å². The van der Waals surface area contributed by atoms with Crippen molar-refractivity contribution < 1.29 is 19.1 Å². The molecule has 0 atom stereocenters. The molecule has 0 aliphatic carbocycles. The van der Waals surface area contributed by atoms with E-state index in [0.29, 0.717) is 27.9 Å². The Bertz CT molecular complexity index is 867. The third-order valence-corrected chi connectivity index (χ3v) is 4.47. The maximum Gasteiger partial charge on any atom is 0.244 e. The number of anilines is 2. The average Bonchev–Trinajstić information content (AvgIpc) is 2.62. The van der Waals surface area contributed by atoms with Crippen LogP contribution in [0, 0.1) is 13.8 Å². The van der Waals surface area contributed by atoms with Crippen molar-refractivity contribution in [3.8, 4) is 11.5 Å². The van der Waals surface area contributed by atoms with E-state index >= 15 is 0 Å². The van der Waals surface area contributed by atoms with Crippen molar-refractivity contribution in [2.24, 2.45) is 0 Å². The molecule has 0 aliphatic heterocycles. The van der Waals surface area contributed by atoms with E-state index in [1.165, 1.54) is 26.0 Å². The largest absolute Gasteiger partial charge is 0.495 e. The quantitative estimate of drug-likeness (QED) is 0.810. The van der Waals surface area contributed by atoms with Gasteiger partial charge >= 0.3 is 0 Å². The van der Waals surface area contributed by atoms with Crippen LogP contribution in [0.15, 0.2) is 30.3 Å². The lowest BCUT2D eigenvalue weighted by Crippen LogP contribution is -2.37. The summed E-state index contributed by atoms with van der Waals surface area (Å²) in [7, 11) is 3.02. The number of hydrogen-bond acceptors (Lipinski definition) is 4. The molecule has 2 rings (SSSR count). The zero-order valence-corrected chi connectivity index (χ0v) is 16.8. The van der Waals surface area contributed by atoms with Crippen molar-refractivity contribution >= 4 is 34.8 Å². The van der Waals surface area contributed by atoms with Gasteiger partial charge in [0.25, 0.3) is 0 Å². The molecular formula is C20H23ClN2O4. The molecule has 0 heterocycles. The highest BCUT2D eigenvalue weighted by atomic mass is 35.5. The van der Waals surface area contributed by atoms with Gasteiger partial charge in [-0.3, -0.25) is 14.5 Å². The molecule has 144 valence electrons. The highest BCUT2D eigenvalue weighted by Crippen LogP contribution is 2.32. The molecule has 2 amide bonds. The van der Waals surface area contributed by atoms with Crippen LogP contribution in [0.4, 0.5) is 11.4 Å². The van der Waals surface area contributed by atoms with E-state index in [1.807, 2.05) is 19.9 Å². The molecule has 0 unspecified atom stereocenters. The molecule has 2 aromatic rings. The lowest BCUT2D eigenvalue weighted by molar-refractivity contribution is -0.120. The number of hydrogen-bond donors (Lipinski definition) is 1. The Morgan fingerprint density at radius 2 is 1.74 bits per heavy atom. The van der Waals surface area contributed by atoms with Gasteiger partial charge < -0.3 is 14.8 Å². The molecule has 0 aliphatic rings. The molecule has 0 aromatic heterocycles. The Morgan fingerprint density at radius 3 is 2.33 bits per heavy atom. The van der Waals surface area contributed by atoms with Crippen LogP contribution in [-0.2, 0) is 9.59 Å². The number of amides is 2. The minimum atomic E-state index is -0.367. The molecule has 27 heavy (non-hydrogen) atoms. The summed E-state index contributed by atoms with van der Waals surface area (Å²) >= 11 is 6.10. The minimum absolute atomic E-state index is 0.167. The molecule has 6 nitrogen and oxygen atoms in total. The Balaban J connectivity index is 2.28. The summed E-state index contributed by atoms with van der Waals surface area (Å²) in [5.74, 6) is 0.326. The number of halogens is 1. The highest BCUT2D eigenvalue weighted by Gasteiger charge is 2.20. The van der Waals surface area contributed by atoms with Crippen LogP contribution in [0.3, 0.4) is 0 Å². The Morgan fingerprint density at radius 1 is 1.07 bits per heavy atom. The third-order valence-electron chi connectivity index (χ3n) is 4.06. The highest BCUT2D eigenvalue weighted by molar-refractivity contribution is 6.31. The van der Waals surface area contributed by atoms with E-state index in [4.69, 9.17) is 21.1 Å². The predicted octanol–water partition coefficient (Wildman–Crippen LogP) is 3.97.